The molecule has 2 N–H and O–H groups in total. The van der Waals surface area contributed by atoms with Crippen LogP contribution in [0.25, 0.3) is 0 Å². The Morgan fingerprint density at radius 1 is 1.17 bits per heavy atom. The topological polar surface area (TPSA) is 83.6 Å². The monoisotopic (exact) mass is 345 g/mol. The Hall–Kier alpha value is -2.52. The van der Waals surface area contributed by atoms with Crippen LogP contribution < -0.4 is 5.32 Å². The molecule has 0 aliphatic heterocycles. The van der Waals surface area contributed by atoms with E-state index in [-0.39, 0.29) is 18.5 Å². The van der Waals surface area contributed by atoms with E-state index in [1.54, 1.807) is 0 Å². The molecule has 0 aliphatic carbocycles. The van der Waals surface area contributed by atoms with Gasteiger partial charge in [-0.05, 0) is 17.7 Å². The minimum absolute atomic E-state index is 0.0819. The van der Waals surface area contributed by atoms with Crippen LogP contribution in [-0.2, 0) is 24.2 Å². The summed E-state index contributed by atoms with van der Waals surface area (Å²) in [5.41, 5.74) is -1.38. The molecule has 0 aromatic carbocycles. The molecule has 1 amide bonds. The van der Waals surface area contributed by atoms with Gasteiger partial charge in [-0.25, -0.2) is 27.5 Å². The number of aryl methyl sites for hydroxylation is 1. The first-order valence-electron chi connectivity index (χ1n) is 7.13. The zero-order valence-electron chi connectivity index (χ0n) is 12.7. The summed E-state index contributed by atoms with van der Waals surface area (Å²) in [7, 11) is 0. The van der Waals surface area contributed by atoms with Gasteiger partial charge in [-0.15, -0.1) is 0 Å². The lowest BCUT2D eigenvalue weighted by Crippen LogP contribution is -2.25. The number of H-pyrrole nitrogens is 1. The van der Waals surface area contributed by atoms with Gasteiger partial charge < -0.3 is 5.32 Å². The van der Waals surface area contributed by atoms with Gasteiger partial charge in [0.15, 0.2) is 0 Å². The highest BCUT2D eigenvalue weighted by Crippen LogP contribution is 2.23. The summed E-state index contributed by atoms with van der Waals surface area (Å²) in [6, 6.07) is 1.97. The van der Waals surface area contributed by atoms with E-state index in [0.717, 1.165) is 12.1 Å². The average Bonchev–Trinajstić information content (AvgIpc) is 3.00. The van der Waals surface area contributed by atoms with Crippen LogP contribution in [0.2, 0.25) is 0 Å². The Balaban J connectivity index is 2.01. The summed E-state index contributed by atoms with van der Waals surface area (Å²) in [6.07, 6.45) is -5.41. The van der Waals surface area contributed by atoms with Crippen molar-refractivity contribution in [1.29, 1.82) is 0 Å². The maximum Gasteiger partial charge on any atom is 0.280 e. The molecule has 0 radical (unpaired) electrons. The molecular formula is C14H15F4N5O. The number of halogens is 4. The minimum atomic E-state index is -2.97. The van der Waals surface area contributed by atoms with Crippen LogP contribution in [0, 0.1) is 0 Å². The highest BCUT2D eigenvalue weighted by atomic mass is 19.3. The zero-order valence-corrected chi connectivity index (χ0v) is 12.7. The number of nitrogens with one attached hydrogen (secondary N) is 2. The third-order valence-electron chi connectivity index (χ3n) is 3.08. The molecule has 2 aromatic rings. The Labute approximate surface area is 134 Å². The van der Waals surface area contributed by atoms with Crippen molar-refractivity contribution in [2.24, 2.45) is 0 Å². The second kappa shape index (κ2) is 7.84. The second-order valence-corrected chi connectivity index (χ2v) is 4.93. The van der Waals surface area contributed by atoms with Crippen LogP contribution in [0.4, 0.5) is 17.6 Å². The first-order chi connectivity index (χ1) is 11.4. The summed E-state index contributed by atoms with van der Waals surface area (Å²) < 4.78 is 50.8. The summed E-state index contributed by atoms with van der Waals surface area (Å²) >= 11 is 0. The van der Waals surface area contributed by atoms with Gasteiger partial charge in [0.1, 0.15) is 23.0 Å². The highest BCUT2D eigenvalue weighted by Gasteiger charge is 2.17. The number of hydrogen-bond donors (Lipinski definition) is 2. The van der Waals surface area contributed by atoms with Crippen LogP contribution >= 0.6 is 0 Å². The average molecular weight is 345 g/mol. The van der Waals surface area contributed by atoms with Gasteiger partial charge in [-0.1, -0.05) is 6.92 Å². The molecular weight excluding hydrogens is 330 g/mol. The number of aromatic amines is 1. The molecule has 2 aromatic heterocycles. The van der Waals surface area contributed by atoms with Crippen LogP contribution in [0.15, 0.2) is 12.1 Å². The molecule has 130 valence electrons. The van der Waals surface area contributed by atoms with Gasteiger partial charge in [0.2, 0.25) is 5.91 Å². The van der Waals surface area contributed by atoms with Crippen molar-refractivity contribution in [3.8, 4) is 0 Å². The third kappa shape index (κ3) is 4.74. The molecule has 2 rings (SSSR count). The van der Waals surface area contributed by atoms with E-state index in [1.165, 1.54) is 0 Å². The quantitative estimate of drug-likeness (QED) is 0.755. The van der Waals surface area contributed by atoms with E-state index in [9.17, 15) is 22.4 Å². The molecule has 0 spiro atoms. The largest absolute Gasteiger partial charge is 0.352 e. The Bertz CT molecular complexity index is 678. The lowest BCUT2D eigenvalue weighted by Gasteiger charge is -2.09. The van der Waals surface area contributed by atoms with Crippen molar-refractivity contribution in [3.05, 3.63) is 40.7 Å². The maximum atomic E-state index is 12.7. The van der Waals surface area contributed by atoms with E-state index in [4.69, 9.17) is 0 Å². The van der Waals surface area contributed by atoms with Gasteiger partial charge >= 0.3 is 0 Å². The lowest BCUT2D eigenvalue weighted by atomic mass is 10.2. The predicted molar refractivity (Wildman–Crippen MR) is 75.5 cm³/mol. The third-order valence-corrected chi connectivity index (χ3v) is 3.08. The number of carbonyl (C=O) groups is 1. The molecule has 10 heteroatoms. The molecule has 0 atom stereocenters. The molecule has 0 unspecified atom stereocenters. The van der Waals surface area contributed by atoms with Crippen LogP contribution in [0.5, 0.6) is 0 Å². The SMILES string of the molecule is CCc1n[nH]c(CC(=O)NCc2cc(C(F)F)nc(C(F)F)c2)n1. The zero-order chi connectivity index (χ0) is 17.7. The summed E-state index contributed by atoms with van der Waals surface area (Å²) in [6.45, 7) is 1.69. The molecule has 0 fully saturated rings. The van der Waals surface area contributed by atoms with Gasteiger partial charge in [-0.3, -0.25) is 9.89 Å². The van der Waals surface area contributed by atoms with Gasteiger partial charge in [0.25, 0.3) is 12.9 Å². The first kappa shape index (κ1) is 17.8. The Kier molecular flexibility index (Phi) is 5.83. The number of rotatable bonds is 7. The number of aromatic nitrogens is 4. The van der Waals surface area contributed by atoms with Crippen molar-refractivity contribution < 1.29 is 22.4 Å². The van der Waals surface area contributed by atoms with Gasteiger partial charge in [-0.2, -0.15) is 5.10 Å². The Morgan fingerprint density at radius 2 is 1.79 bits per heavy atom. The van der Waals surface area contributed by atoms with Crippen molar-refractivity contribution >= 4 is 5.91 Å². The summed E-state index contributed by atoms with van der Waals surface area (Å²) in [5.74, 6) is 0.485. The number of nitrogens with zero attached hydrogens (tertiary/aromatic N) is 3. The molecule has 2 heterocycles. The lowest BCUT2D eigenvalue weighted by molar-refractivity contribution is -0.120. The van der Waals surface area contributed by atoms with Gasteiger partial charge in [0.05, 0.1) is 6.42 Å². The van der Waals surface area contributed by atoms with E-state index >= 15 is 0 Å². The minimum Gasteiger partial charge on any atom is -0.352 e. The van der Waals surface area contributed by atoms with Crippen molar-refractivity contribution in [1.82, 2.24) is 25.5 Å². The standard InChI is InChI=1S/C14H15F4N5O/c1-2-10-21-11(23-22-10)5-12(24)19-6-7-3-8(13(15)16)20-9(4-7)14(17)18/h3-4,13-14H,2,5-6H2,1H3,(H,19,24)(H,21,22,23). The molecule has 24 heavy (non-hydrogen) atoms. The van der Waals surface area contributed by atoms with E-state index in [0.29, 0.717) is 18.1 Å². The van der Waals surface area contributed by atoms with Crippen molar-refractivity contribution in [2.75, 3.05) is 0 Å². The summed E-state index contributed by atoms with van der Waals surface area (Å²) in [5, 5.41) is 8.94. The number of carbonyl (C=O) groups excluding carboxylic acids is 1. The number of alkyl halides is 4. The number of amides is 1. The van der Waals surface area contributed by atoms with Crippen LogP contribution in [0.1, 0.15) is 48.4 Å². The maximum absolute atomic E-state index is 12.7. The fourth-order valence-electron chi connectivity index (χ4n) is 1.95. The number of hydrogen-bond acceptors (Lipinski definition) is 4. The first-order valence-corrected chi connectivity index (χ1v) is 7.13. The van der Waals surface area contributed by atoms with E-state index in [1.807, 2.05) is 6.92 Å². The van der Waals surface area contributed by atoms with Crippen LogP contribution in [0.3, 0.4) is 0 Å². The Morgan fingerprint density at radius 3 is 2.29 bits per heavy atom. The van der Waals surface area contributed by atoms with E-state index < -0.39 is 30.1 Å². The fraction of sp³-hybridized carbons (Fsp3) is 0.429. The fourth-order valence-corrected chi connectivity index (χ4v) is 1.95. The van der Waals surface area contributed by atoms with Crippen molar-refractivity contribution in [2.45, 2.75) is 39.2 Å². The second-order valence-electron chi connectivity index (χ2n) is 4.93. The van der Waals surface area contributed by atoms with Crippen LogP contribution in [-0.4, -0.2) is 26.1 Å². The highest BCUT2D eigenvalue weighted by molar-refractivity contribution is 5.77. The number of pyridine rings is 1. The molecule has 0 aliphatic rings. The summed E-state index contributed by atoms with van der Waals surface area (Å²) in [4.78, 5) is 19.1. The molecule has 6 nitrogen and oxygen atoms in total. The smallest absolute Gasteiger partial charge is 0.280 e. The molecule has 0 saturated heterocycles. The predicted octanol–water partition coefficient (Wildman–Crippen LogP) is 2.50. The normalized spacial score (nSPS) is 11.3. The molecule has 0 bridgehead atoms. The van der Waals surface area contributed by atoms with Crippen molar-refractivity contribution in [3.63, 3.8) is 0 Å². The molecule has 0 saturated carbocycles. The van der Waals surface area contributed by atoms with E-state index in [2.05, 4.69) is 25.5 Å². The van der Waals surface area contributed by atoms with Gasteiger partial charge in [0, 0.05) is 13.0 Å².